The molecule has 11 aromatic carbocycles. The van der Waals surface area contributed by atoms with Crippen molar-refractivity contribution in [1.29, 1.82) is 0 Å². The number of aromatic nitrogens is 1. The SMILES string of the molecule is c1ccc(-n2c3ccccc3c3cc(-c4ccc(N(c5ccc(-c6ccc7sc8ccccc8c7c6)cc5)c5ccc6c(c5)C5(c7ccccc7-c7ccccc75)c5ccccc5-6)cc4)ccc32)cc1. The lowest BCUT2D eigenvalue weighted by Crippen LogP contribution is -2.26. The molecule has 326 valence electrons. The van der Waals surface area contributed by atoms with E-state index in [0.717, 1.165) is 17.1 Å². The number of para-hydroxylation sites is 2. The van der Waals surface area contributed by atoms with Crippen LogP contribution in [0.2, 0.25) is 0 Å². The number of thiophene rings is 1. The number of fused-ring (bicyclic) bond motifs is 16. The number of benzene rings is 11. The zero-order chi connectivity index (χ0) is 45.9. The summed E-state index contributed by atoms with van der Waals surface area (Å²) >= 11 is 1.86. The first-order valence-electron chi connectivity index (χ1n) is 24.2. The third-order valence-electron chi connectivity index (χ3n) is 15.2. The quantitative estimate of drug-likeness (QED) is 0.161. The fourth-order valence-electron chi connectivity index (χ4n) is 12.2. The average Bonchev–Trinajstić information content (AvgIpc) is 4.15. The summed E-state index contributed by atoms with van der Waals surface area (Å²) in [5, 5.41) is 5.13. The first-order chi connectivity index (χ1) is 34.7. The van der Waals surface area contributed by atoms with Gasteiger partial charge in [0.1, 0.15) is 0 Å². The summed E-state index contributed by atoms with van der Waals surface area (Å²) < 4.78 is 5.02. The van der Waals surface area contributed by atoms with Crippen molar-refractivity contribution in [3.05, 3.63) is 277 Å². The van der Waals surface area contributed by atoms with Crippen LogP contribution in [0.4, 0.5) is 17.1 Å². The van der Waals surface area contributed by atoms with Gasteiger partial charge in [-0.05, 0) is 152 Å². The van der Waals surface area contributed by atoms with Gasteiger partial charge in [0.05, 0.1) is 16.4 Å². The number of nitrogens with zero attached hydrogens (tertiary/aromatic N) is 2. The predicted octanol–water partition coefficient (Wildman–Crippen LogP) is 18.3. The van der Waals surface area contributed by atoms with Crippen molar-refractivity contribution < 1.29 is 0 Å². The lowest BCUT2D eigenvalue weighted by molar-refractivity contribution is 0.793. The van der Waals surface area contributed by atoms with Gasteiger partial charge in [0.25, 0.3) is 0 Å². The Kier molecular flexibility index (Phi) is 8.48. The third-order valence-corrected chi connectivity index (χ3v) is 16.4. The monoisotopic (exact) mass is 906 g/mol. The van der Waals surface area contributed by atoms with Crippen LogP contribution in [0.3, 0.4) is 0 Å². The molecule has 0 saturated carbocycles. The molecule has 2 aliphatic carbocycles. The summed E-state index contributed by atoms with van der Waals surface area (Å²) in [5.41, 5.74) is 21.8. The summed E-state index contributed by atoms with van der Waals surface area (Å²) in [7, 11) is 0. The maximum absolute atomic E-state index is 2.49. The Morgan fingerprint density at radius 3 is 1.43 bits per heavy atom. The van der Waals surface area contributed by atoms with Gasteiger partial charge in [-0.1, -0.05) is 170 Å². The third kappa shape index (κ3) is 5.61. The van der Waals surface area contributed by atoms with Gasteiger partial charge in [-0.25, -0.2) is 0 Å². The Labute approximate surface area is 410 Å². The van der Waals surface area contributed by atoms with Crippen LogP contribution in [0.5, 0.6) is 0 Å². The summed E-state index contributed by atoms with van der Waals surface area (Å²) in [6, 6.07) is 94.8. The van der Waals surface area contributed by atoms with E-state index in [1.54, 1.807) is 0 Å². The highest BCUT2D eigenvalue weighted by molar-refractivity contribution is 7.25. The molecule has 0 atom stereocenters. The number of hydrogen-bond donors (Lipinski definition) is 0. The van der Waals surface area contributed by atoms with E-state index >= 15 is 0 Å². The van der Waals surface area contributed by atoms with Crippen molar-refractivity contribution in [3.63, 3.8) is 0 Å². The van der Waals surface area contributed by atoms with Crippen LogP contribution in [0, 0.1) is 0 Å². The summed E-state index contributed by atoms with van der Waals surface area (Å²) in [5.74, 6) is 0. The van der Waals surface area contributed by atoms with Crippen LogP contribution in [0.1, 0.15) is 22.3 Å². The summed E-state index contributed by atoms with van der Waals surface area (Å²) in [6.07, 6.45) is 0. The lowest BCUT2D eigenvalue weighted by Gasteiger charge is -2.32. The molecule has 13 aromatic rings. The highest BCUT2D eigenvalue weighted by Crippen LogP contribution is 2.63. The van der Waals surface area contributed by atoms with Crippen molar-refractivity contribution in [2.24, 2.45) is 0 Å². The Morgan fingerprint density at radius 2 is 0.771 bits per heavy atom. The van der Waals surface area contributed by atoms with Gasteiger partial charge in [-0.3, -0.25) is 0 Å². The molecule has 70 heavy (non-hydrogen) atoms. The van der Waals surface area contributed by atoms with E-state index in [-0.39, 0.29) is 0 Å². The molecule has 3 heteroatoms. The standard InChI is InChI=1S/C67H42N2S/c1-2-14-47(15-3-1)69-63-24-12-7-19-55(63)57-40-45(30-38-64(57)69)43-26-32-48(33-27-43)68(49-34-28-44(29-35-49)46-31-39-66-58(41-46)56-20-8-13-25-65(56)70-66)50-36-37-54-53-18-6-11-23-61(53)67(62(54)42-50)59-21-9-4-16-51(59)52-17-5-10-22-60(52)67/h1-42H. The normalized spacial score (nSPS) is 13.0. The molecule has 2 nitrogen and oxygen atoms in total. The second kappa shape index (κ2) is 15.1. The first kappa shape index (κ1) is 39.3. The van der Waals surface area contributed by atoms with Crippen LogP contribution in [0.15, 0.2) is 255 Å². The second-order valence-corrected chi connectivity index (χ2v) is 19.9. The van der Waals surface area contributed by atoms with E-state index in [9.17, 15) is 0 Å². The number of rotatable bonds is 6. The fourth-order valence-corrected chi connectivity index (χ4v) is 13.3. The van der Waals surface area contributed by atoms with Gasteiger partial charge < -0.3 is 9.47 Å². The van der Waals surface area contributed by atoms with Crippen LogP contribution >= 0.6 is 11.3 Å². The van der Waals surface area contributed by atoms with Crippen molar-refractivity contribution in [3.8, 4) is 50.2 Å². The van der Waals surface area contributed by atoms with E-state index in [1.807, 2.05) is 11.3 Å². The fraction of sp³-hybridized carbons (Fsp3) is 0.0149. The minimum absolute atomic E-state index is 0.443. The van der Waals surface area contributed by atoms with Gasteiger partial charge in [0.15, 0.2) is 0 Å². The molecule has 0 aliphatic heterocycles. The van der Waals surface area contributed by atoms with Crippen LogP contribution in [-0.4, -0.2) is 4.57 Å². The van der Waals surface area contributed by atoms with Crippen LogP contribution in [-0.2, 0) is 5.41 Å². The van der Waals surface area contributed by atoms with E-state index in [4.69, 9.17) is 0 Å². The molecule has 0 fully saturated rings. The molecule has 0 radical (unpaired) electrons. The lowest BCUT2D eigenvalue weighted by atomic mass is 9.70. The van der Waals surface area contributed by atoms with Crippen molar-refractivity contribution in [2.75, 3.05) is 4.90 Å². The molecule has 2 aliphatic rings. The molecule has 0 saturated heterocycles. The number of anilines is 3. The maximum Gasteiger partial charge on any atom is 0.0726 e. The smallest absolute Gasteiger partial charge is 0.0726 e. The van der Waals surface area contributed by atoms with Crippen LogP contribution < -0.4 is 4.90 Å². The molecule has 15 rings (SSSR count). The largest absolute Gasteiger partial charge is 0.310 e. The second-order valence-electron chi connectivity index (χ2n) is 18.8. The minimum atomic E-state index is -0.443. The maximum atomic E-state index is 2.49. The molecule has 0 unspecified atom stereocenters. The Balaban J connectivity index is 0.885. The molecule has 2 aromatic heterocycles. The molecule has 2 heterocycles. The zero-order valence-corrected chi connectivity index (χ0v) is 38.9. The molecule has 0 amide bonds. The van der Waals surface area contributed by atoms with Crippen LogP contribution in [0.25, 0.3) is 92.2 Å². The summed E-state index contributed by atoms with van der Waals surface area (Å²) in [4.78, 5) is 2.45. The highest BCUT2D eigenvalue weighted by atomic mass is 32.1. The average molecular weight is 907 g/mol. The Bertz CT molecular complexity index is 4170. The minimum Gasteiger partial charge on any atom is -0.310 e. The molecular formula is C67H42N2S. The highest BCUT2D eigenvalue weighted by Gasteiger charge is 2.51. The van der Waals surface area contributed by atoms with Gasteiger partial charge in [-0.15, -0.1) is 11.3 Å². The topological polar surface area (TPSA) is 8.17 Å². The van der Waals surface area contributed by atoms with Gasteiger partial charge in [-0.2, -0.15) is 0 Å². The van der Waals surface area contributed by atoms with E-state index in [2.05, 4.69) is 264 Å². The Morgan fingerprint density at radius 1 is 0.300 bits per heavy atom. The molecule has 1 spiro atoms. The zero-order valence-electron chi connectivity index (χ0n) is 38.1. The van der Waals surface area contributed by atoms with E-state index in [1.165, 1.54) is 114 Å². The van der Waals surface area contributed by atoms with Gasteiger partial charge in [0, 0.05) is 53.7 Å². The molecule has 0 bridgehead atoms. The van der Waals surface area contributed by atoms with Crippen molar-refractivity contribution in [1.82, 2.24) is 4.57 Å². The molecular weight excluding hydrogens is 865 g/mol. The molecule has 0 N–H and O–H groups in total. The van der Waals surface area contributed by atoms with Gasteiger partial charge in [0.2, 0.25) is 0 Å². The van der Waals surface area contributed by atoms with Crippen molar-refractivity contribution in [2.45, 2.75) is 5.41 Å². The van der Waals surface area contributed by atoms with Crippen molar-refractivity contribution >= 4 is 70.4 Å². The number of hydrogen-bond acceptors (Lipinski definition) is 2. The van der Waals surface area contributed by atoms with Gasteiger partial charge >= 0.3 is 0 Å². The van der Waals surface area contributed by atoms with E-state index < -0.39 is 5.41 Å². The summed E-state index contributed by atoms with van der Waals surface area (Å²) in [6.45, 7) is 0. The predicted molar refractivity (Wildman–Crippen MR) is 296 cm³/mol. The first-order valence-corrected chi connectivity index (χ1v) is 25.0. The van der Waals surface area contributed by atoms with E-state index in [0.29, 0.717) is 0 Å². The Hall–Kier alpha value is -8.76.